The minimum absolute atomic E-state index is 0.733. The Morgan fingerprint density at radius 1 is 0.476 bits per heavy atom. The van der Waals surface area contributed by atoms with Crippen LogP contribution in [0.1, 0.15) is 41.7 Å². The first kappa shape index (κ1) is 28.2. The molecule has 0 radical (unpaired) electrons. The Labute approximate surface area is 248 Å². The molecule has 5 aromatic carbocycles. The number of methoxy groups -OCH3 is 2. The maximum absolute atomic E-state index is 9.26. The highest BCUT2D eigenvalue weighted by Crippen LogP contribution is 2.38. The normalized spacial score (nSPS) is 11.2. The van der Waals surface area contributed by atoms with Crippen LogP contribution in [0.25, 0.3) is 27.8 Å². The van der Waals surface area contributed by atoms with Gasteiger partial charge in [0.05, 0.1) is 20.3 Å². The molecule has 0 heterocycles. The summed E-state index contributed by atoms with van der Waals surface area (Å²) in [6.07, 6.45) is 0. The third-order valence-electron chi connectivity index (χ3n) is 7.62. The lowest BCUT2D eigenvalue weighted by molar-refractivity contribution is 0.414. The van der Waals surface area contributed by atoms with Crippen molar-refractivity contribution in [1.82, 2.24) is 0 Å². The Morgan fingerprint density at radius 2 is 0.833 bits per heavy atom. The Bertz CT molecular complexity index is 1700. The molecule has 0 N–H and O–H groups in total. The van der Waals surface area contributed by atoms with E-state index in [4.69, 9.17) is 9.47 Å². The molecule has 0 aliphatic carbocycles. The minimum Gasteiger partial charge on any atom is -0.497 e. The lowest BCUT2D eigenvalue weighted by Gasteiger charge is -2.19. The summed E-state index contributed by atoms with van der Waals surface area (Å²) in [7, 11) is 3.37. The third kappa shape index (κ3) is 6.04. The molecule has 42 heavy (non-hydrogen) atoms. The lowest BCUT2D eigenvalue weighted by Crippen LogP contribution is -1.98. The van der Waals surface area contributed by atoms with Crippen LogP contribution in [-0.2, 0) is 0 Å². The number of ether oxygens (including phenoxy) is 2. The van der Waals surface area contributed by atoms with Gasteiger partial charge in [-0.2, -0.15) is 5.26 Å². The van der Waals surface area contributed by atoms with E-state index in [0.717, 1.165) is 72.7 Å². The van der Waals surface area contributed by atoms with Gasteiger partial charge in [-0.15, -0.1) is 0 Å². The zero-order chi connectivity index (χ0) is 29.5. The predicted octanol–water partition coefficient (Wildman–Crippen LogP) is 9.70. The molecule has 0 aliphatic heterocycles. The highest BCUT2D eigenvalue weighted by molar-refractivity contribution is 6.04. The van der Waals surface area contributed by atoms with Crippen molar-refractivity contribution in [2.75, 3.05) is 14.2 Å². The number of hydrogen-bond acceptors (Lipinski definition) is 3. The summed E-state index contributed by atoms with van der Waals surface area (Å²) < 4.78 is 10.9. The van der Waals surface area contributed by atoms with Crippen molar-refractivity contribution in [3.05, 3.63) is 161 Å². The van der Waals surface area contributed by atoms with E-state index in [9.17, 15) is 5.26 Å². The Balaban J connectivity index is 1.66. The van der Waals surface area contributed by atoms with Gasteiger partial charge in [-0.3, -0.25) is 0 Å². The van der Waals surface area contributed by atoms with Gasteiger partial charge in [-0.05, 0) is 93.8 Å². The summed E-state index contributed by atoms with van der Waals surface area (Å²) in [5, 5.41) is 9.26. The first-order valence-corrected chi connectivity index (χ1v) is 13.9. The van der Waals surface area contributed by atoms with Crippen LogP contribution >= 0.6 is 0 Å². The van der Waals surface area contributed by atoms with Gasteiger partial charge in [-0.25, -0.2) is 0 Å². The Hall–Kier alpha value is -5.33. The van der Waals surface area contributed by atoms with Gasteiger partial charge in [0.2, 0.25) is 0 Å². The molecular formula is C39H33NO2. The second-order valence-electron chi connectivity index (χ2n) is 10.1. The summed E-state index contributed by atoms with van der Waals surface area (Å²) in [6.45, 7) is 3.84. The van der Waals surface area contributed by atoms with E-state index in [-0.39, 0.29) is 0 Å². The summed E-state index contributed by atoms with van der Waals surface area (Å²) in [6, 6.07) is 46.4. The van der Waals surface area contributed by atoms with Gasteiger partial charge in [-0.1, -0.05) is 103 Å². The maximum atomic E-state index is 9.26. The third-order valence-corrected chi connectivity index (χ3v) is 7.62. The highest BCUT2D eigenvalue weighted by atomic mass is 16.5. The molecular weight excluding hydrogens is 514 g/mol. The van der Waals surface area contributed by atoms with Crippen LogP contribution in [0.3, 0.4) is 0 Å². The van der Waals surface area contributed by atoms with Crippen LogP contribution < -0.4 is 9.47 Å². The molecule has 0 spiro atoms. The first-order chi connectivity index (χ1) is 20.5. The van der Waals surface area contributed by atoms with E-state index in [0.29, 0.717) is 0 Å². The monoisotopic (exact) mass is 547 g/mol. The predicted molar refractivity (Wildman–Crippen MR) is 173 cm³/mol. The van der Waals surface area contributed by atoms with Crippen LogP contribution in [0.4, 0.5) is 0 Å². The van der Waals surface area contributed by atoms with E-state index in [1.165, 1.54) is 0 Å². The molecule has 5 aromatic rings. The van der Waals surface area contributed by atoms with Gasteiger partial charge in [0, 0.05) is 5.57 Å². The number of benzene rings is 5. The number of nitriles is 1. The van der Waals surface area contributed by atoms with Gasteiger partial charge < -0.3 is 9.47 Å². The summed E-state index contributed by atoms with van der Waals surface area (Å²) >= 11 is 0. The standard InChI is InChI=1S/C39H33NO2/c1-27(26-40)28(2)29-10-12-30(13-11-29)31-14-16-33(17-15-31)38(32-8-6-5-7-9-32)39(34-18-22-36(41-3)23-19-34)35-20-24-37(42-4)25-21-35/h5-25H,1-4H3/b28-27-. The van der Waals surface area contributed by atoms with Crippen LogP contribution in [0.15, 0.2) is 133 Å². The number of allylic oxidation sites excluding steroid dienone is 2. The van der Waals surface area contributed by atoms with E-state index in [2.05, 4.69) is 103 Å². The molecule has 0 unspecified atom stereocenters. The molecule has 5 rings (SSSR count). The zero-order valence-electron chi connectivity index (χ0n) is 24.4. The number of rotatable bonds is 8. The number of nitrogens with zero attached hydrogens (tertiary/aromatic N) is 1. The fraction of sp³-hybridized carbons (Fsp3) is 0.103. The van der Waals surface area contributed by atoms with Crippen LogP contribution in [0, 0.1) is 11.3 Å². The van der Waals surface area contributed by atoms with Crippen molar-refractivity contribution in [3.63, 3.8) is 0 Å². The second-order valence-corrected chi connectivity index (χ2v) is 10.1. The van der Waals surface area contributed by atoms with Crippen molar-refractivity contribution >= 4 is 16.7 Å². The maximum Gasteiger partial charge on any atom is 0.118 e. The average molecular weight is 548 g/mol. The van der Waals surface area contributed by atoms with Gasteiger partial charge in [0.25, 0.3) is 0 Å². The molecule has 0 saturated heterocycles. The average Bonchev–Trinajstić information content (AvgIpc) is 3.07. The van der Waals surface area contributed by atoms with Crippen LogP contribution in [-0.4, -0.2) is 14.2 Å². The van der Waals surface area contributed by atoms with Gasteiger partial charge in [0.1, 0.15) is 11.5 Å². The van der Waals surface area contributed by atoms with Crippen molar-refractivity contribution in [3.8, 4) is 28.7 Å². The summed E-state index contributed by atoms with van der Waals surface area (Å²) in [4.78, 5) is 0. The topological polar surface area (TPSA) is 42.2 Å². The van der Waals surface area contributed by atoms with Gasteiger partial charge >= 0.3 is 0 Å². The highest BCUT2D eigenvalue weighted by Gasteiger charge is 2.17. The molecule has 206 valence electrons. The smallest absolute Gasteiger partial charge is 0.118 e. The lowest BCUT2D eigenvalue weighted by atomic mass is 9.85. The molecule has 3 heteroatoms. The summed E-state index contributed by atoms with van der Waals surface area (Å²) in [5.74, 6) is 1.64. The molecule has 0 aromatic heterocycles. The second kappa shape index (κ2) is 12.9. The van der Waals surface area contributed by atoms with E-state index in [1.54, 1.807) is 14.2 Å². The van der Waals surface area contributed by atoms with Crippen molar-refractivity contribution in [2.45, 2.75) is 13.8 Å². The van der Waals surface area contributed by atoms with Crippen molar-refractivity contribution in [2.24, 2.45) is 0 Å². The van der Waals surface area contributed by atoms with Crippen molar-refractivity contribution < 1.29 is 9.47 Å². The Morgan fingerprint density at radius 3 is 1.21 bits per heavy atom. The quantitative estimate of drug-likeness (QED) is 0.143. The molecule has 0 fully saturated rings. The fourth-order valence-electron chi connectivity index (χ4n) is 5.07. The Kier molecular flexibility index (Phi) is 8.66. The molecule has 0 aliphatic rings. The van der Waals surface area contributed by atoms with Crippen molar-refractivity contribution in [1.29, 1.82) is 5.26 Å². The largest absolute Gasteiger partial charge is 0.497 e. The van der Waals surface area contributed by atoms with Gasteiger partial charge in [0.15, 0.2) is 0 Å². The van der Waals surface area contributed by atoms with E-state index in [1.807, 2.05) is 44.2 Å². The van der Waals surface area contributed by atoms with E-state index >= 15 is 0 Å². The number of hydrogen-bond donors (Lipinski definition) is 0. The molecule has 3 nitrogen and oxygen atoms in total. The first-order valence-electron chi connectivity index (χ1n) is 13.9. The SMILES string of the molecule is COc1ccc(C(=C(c2ccccc2)c2ccc(-c3ccc(/C(C)=C(/C)C#N)cc3)cc2)c2ccc(OC)cc2)cc1. The van der Waals surface area contributed by atoms with E-state index < -0.39 is 0 Å². The molecule has 0 bridgehead atoms. The minimum atomic E-state index is 0.733. The zero-order valence-corrected chi connectivity index (χ0v) is 24.4. The molecule has 0 saturated carbocycles. The summed E-state index contributed by atoms with van der Waals surface area (Å²) in [5.41, 5.74) is 11.8. The molecule has 0 atom stereocenters. The van der Waals surface area contributed by atoms with Crippen LogP contribution in [0.5, 0.6) is 11.5 Å². The molecule has 0 amide bonds. The fourth-order valence-corrected chi connectivity index (χ4v) is 5.07. The van der Waals surface area contributed by atoms with Crippen LogP contribution in [0.2, 0.25) is 0 Å².